The lowest BCUT2D eigenvalue weighted by Crippen LogP contribution is -2.37. The average molecular weight is 278 g/mol. The third-order valence-electron chi connectivity index (χ3n) is 3.86. The molecule has 112 valence electrons. The normalized spacial score (nSPS) is 18.6. The van der Waals surface area contributed by atoms with Crippen LogP contribution in [-0.2, 0) is 6.54 Å². The second-order valence-corrected chi connectivity index (χ2v) is 5.32. The minimum absolute atomic E-state index is 0.284. The first-order valence-electron chi connectivity index (χ1n) is 7.64. The first-order valence-corrected chi connectivity index (χ1v) is 7.64. The number of phenols is 1. The number of aromatic hydroxyl groups is 1. The van der Waals surface area contributed by atoms with Gasteiger partial charge in [-0.3, -0.25) is 4.90 Å². The SMILES string of the molecule is CCOc1cccc(CN(CC)CC2CCCN2)c1O. The van der Waals surface area contributed by atoms with E-state index in [-0.39, 0.29) is 5.75 Å². The predicted octanol–water partition coefficient (Wildman–Crippen LogP) is 2.36. The van der Waals surface area contributed by atoms with E-state index in [0.717, 1.165) is 31.7 Å². The Balaban J connectivity index is 2.00. The third kappa shape index (κ3) is 3.87. The number of nitrogens with one attached hydrogen (secondary N) is 1. The predicted molar refractivity (Wildman–Crippen MR) is 81.3 cm³/mol. The van der Waals surface area contributed by atoms with Crippen molar-refractivity contribution in [2.24, 2.45) is 0 Å². The molecule has 0 radical (unpaired) electrons. The van der Waals surface area contributed by atoms with Crippen LogP contribution in [0.3, 0.4) is 0 Å². The Kier molecular flexibility index (Phi) is 5.68. The summed E-state index contributed by atoms with van der Waals surface area (Å²) in [5.74, 6) is 0.868. The smallest absolute Gasteiger partial charge is 0.162 e. The molecule has 1 atom stereocenters. The quantitative estimate of drug-likeness (QED) is 0.804. The lowest BCUT2D eigenvalue weighted by atomic mass is 10.1. The molecular weight excluding hydrogens is 252 g/mol. The number of rotatable bonds is 7. The summed E-state index contributed by atoms with van der Waals surface area (Å²) in [6.45, 7) is 8.58. The lowest BCUT2D eigenvalue weighted by molar-refractivity contribution is 0.248. The number of hydrogen-bond acceptors (Lipinski definition) is 4. The molecule has 4 nitrogen and oxygen atoms in total. The van der Waals surface area contributed by atoms with Gasteiger partial charge in [0.25, 0.3) is 0 Å². The first-order chi connectivity index (χ1) is 9.74. The van der Waals surface area contributed by atoms with E-state index in [4.69, 9.17) is 4.74 Å². The average Bonchev–Trinajstić information content (AvgIpc) is 2.95. The Hall–Kier alpha value is -1.26. The summed E-state index contributed by atoms with van der Waals surface area (Å²) in [4.78, 5) is 2.37. The molecule has 1 aliphatic rings. The summed E-state index contributed by atoms with van der Waals surface area (Å²) in [5, 5.41) is 13.8. The van der Waals surface area contributed by atoms with Crippen molar-refractivity contribution in [1.82, 2.24) is 10.2 Å². The van der Waals surface area contributed by atoms with Gasteiger partial charge in [0, 0.05) is 24.7 Å². The van der Waals surface area contributed by atoms with E-state index in [1.807, 2.05) is 25.1 Å². The minimum Gasteiger partial charge on any atom is -0.504 e. The molecule has 0 aliphatic carbocycles. The van der Waals surface area contributed by atoms with Crippen LogP contribution < -0.4 is 10.1 Å². The summed E-state index contributed by atoms with van der Waals surface area (Å²) in [7, 11) is 0. The van der Waals surface area contributed by atoms with E-state index in [1.54, 1.807) is 0 Å². The van der Waals surface area contributed by atoms with Crippen LogP contribution in [0.25, 0.3) is 0 Å². The van der Waals surface area contributed by atoms with Gasteiger partial charge in [-0.2, -0.15) is 0 Å². The fourth-order valence-electron chi connectivity index (χ4n) is 2.74. The Bertz CT molecular complexity index is 417. The van der Waals surface area contributed by atoms with Gasteiger partial charge in [0.2, 0.25) is 0 Å². The molecule has 1 aromatic carbocycles. The number of likely N-dealkylation sites (N-methyl/N-ethyl adjacent to an activating group) is 1. The van der Waals surface area contributed by atoms with Crippen molar-refractivity contribution in [2.45, 2.75) is 39.3 Å². The van der Waals surface area contributed by atoms with Crippen LogP contribution in [0.2, 0.25) is 0 Å². The van der Waals surface area contributed by atoms with E-state index in [9.17, 15) is 5.11 Å². The first kappa shape index (κ1) is 15.1. The van der Waals surface area contributed by atoms with Gasteiger partial charge >= 0.3 is 0 Å². The van der Waals surface area contributed by atoms with Crippen molar-refractivity contribution in [1.29, 1.82) is 0 Å². The highest BCUT2D eigenvalue weighted by Crippen LogP contribution is 2.30. The van der Waals surface area contributed by atoms with Crippen molar-refractivity contribution in [3.8, 4) is 11.5 Å². The molecule has 0 spiro atoms. The fourth-order valence-corrected chi connectivity index (χ4v) is 2.74. The Morgan fingerprint density at radius 1 is 1.40 bits per heavy atom. The number of benzene rings is 1. The zero-order chi connectivity index (χ0) is 14.4. The molecule has 1 saturated heterocycles. The highest BCUT2D eigenvalue weighted by Gasteiger charge is 2.18. The topological polar surface area (TPSA) is 44.7 Å². The van der Waals surface area contributed by atoms with Crippen molar-refractivity contribution in [3.63, 3.8) is 0 Å². The van der Waals surface area contributed by atoms with Crippen LogP contribution in [0.1, 0.15) is 32.3 Å². The second kappa shape index (κ2) is 7.50. The maximum absolute atomic E-state index is 10.3. The van der Waals surface area contributed by atoms with E-state index in [0.29, 0.717) is 18.4 Å². The molecule has 0 bridgehead atoms. The zero-order valence-electron chi connectivity index (χ0n) is 12.6. The van der Waals surface area contributed by atoms with E-state index in [2.05, 4.69) is 17.1 Å². The summed E-state index contributed by atoms with van der Waals surface area (Å²) in [6, 6.07) is 6.33. The van der Waals surface area contributed by atoms with Gasteiger partial charge < -0.3 is 15.2 Å². The third-order valence-corrected chi connectivity index (χ3v) is 3.86. The number of nitrogens with zero attached hydrogens (tertiary/aromatic N) is 1. The van der Waals surface area contributed by atoms with Crippen molar-refractivity contribution in [3.05, 3.63) is 23.8 Å². The van der Waals surface area contributed by atoms with Crippen molar-refractivity contribution >= 4 is 0 Å². The molecule has 20 heavy (non-hydrogen) atoms. The molecule has 0 saturated carbocycles. The second-order valence-electron chi connectivity index (χ2n) is 5.32. The van der Waals surface area contributed by atoms with Crippen LogP contribution in [-0.4, -0.2) is 42.3 Å². The molecular formula is C16H26N2O2. The van der Waals surface area contributed by atoms with Gasteiger partial charge in [-0.25, -0.2) is 0 Å². The van der Waals surface area contributed by atoms with Gasteiger partial charge in [-0.1, -0.05) is 19.1 Å². The van der Waals surface area contributed by atoms with Crippen LogP contribution in [0.15, 0.2) is 18.2 Å². The van der Waals surface area contributed by atoms with Gasteiger partial charge in [0.15, 0.2) is 11.5 Å². The summed E-state index contributed by atoms with van der Waals surface area (Å²) < 4.78 is 5.45. The van der Waals surface area contributed by atoms with Crippen LogP contribution in [0.5, 0.6) is 11.5 Å². The largest absolute Gasteiger partial charge is 0.504 e. The van der Waals surface area contributed by atoms with Crippen LogP contribution >= 0.6 is 0 Å². The van der Waals surface area contributed by atoms with Crippen molar-refractivity contribution in [2.75, 3.05) is 26.2 Å². The monoisotopic (exact) mass is 278 g/mol. The van der Waals surface area contributed by atoms with E-state index < -0.39 is 0 Å². The van der Waals surface area contributed by atoms with Crippen LogP contribution in [0.4, 0.5) is 0 Å². The molecule has 1 unspecified atom stereocenters. The van der Waals surface area contributed by atoms with Gasteiger partial charge in [0.1, 0.15) is 0 Å². The number of hydrogen-bond donors (Lipinski definition) is 2. The number of phenolic OH excluding ortho intramolecular Hbond substituents is 1. The lowest BCUT2D eigenvalue weighted by Gasteiger charge is -2.24. The molecule has 2 rings (SSSR count). The standard InChI is InChI=1S/C16H26N2O2/c1-3-18(12-14-8-6-10-17-14)11-13-7-5-9-15(16(13)19)20-4-2/h5,7,9,14,17,19H,3-4,6,8,10-12H2,1-2H3. The van der Waals surface area contributed by atoms with Crippen LogP contribution in [0, 0.1) is 0 Å². The molecule has 1 fully saturated rings. The number of para-hydroxylation sites is 1. The molecule has 4 heteroatoms. The Morgan fingerprint density at radius 3 is 2.90 bits per heavy atom. The van der Waals surface area contributed by atoms with Gasteiger partial charge in [0.05, 0.1) is 6.61 Å². The van der Waals surface area contributed by atoms with Crippen molar-refractivity contribution < 1.29 is 9.84 Å². The minimum atomic E-state index is 0.284. The molecule has 0 aromatic heterocycles. The molecule has 1 aliphatic heterocycles. The fraction of sp³-hybridized carbons (Fsp3) is 0.625. The highest BCUT2D eigenvalue weighted by atomic mass is 16.5. The Labute approximate surface area is 121 Å². The molecule has 2 N–H and O–H groups in total. The van der Waals surface area contributed by atoms with Gasteiger partial charge in [-0.05, 0) is 38.9 Å². The molecule has 1 heterocycles. The summed E-state index contributed by atoms with van der Waals surface area (Å²) in [6.07, 6.45) is 2.52. The van der Waals surface area contributed by atoms with E-state index >= 15 is 0 Å². The highest BCUT2D eigenvalue weighted by molar-refractivity contribution is 5.45. The Morgan fingerprint density at radius 2 is 2.25 bits per heavy atom. The summed E-state index contributed by atoms with van der Waals surface area (Å²) in [5.41, 5.74) is 0.941. The molecule has 1 aromatic rings. The van der Waals surface area contributed by atoms with Gasteiger partial charge in [-0.15, -0.1) is 0 Å². The summed E-state index contributed by atoms with van der Waals surface area (Å²) >= 11 is 0. The number of ether oxygens (including phenoxy) is 1. The zero-order valence-corrected chi connectivity index (χ0v) is 12.6. The molecule has 0 amide bonds. The van der Waals surface area contributed by atoms with E-state index in [1.165, 1.54) is 12.8 Å². The maximum Gasteiger partial charge on any atom is 0.162 e. The maximum atomic E-state index is 10.3.